The third-order valence-electron chi connectivity index (χ3n) is 2.74. The van der Waals surface area contributed by atoms with Gasteiger partial charge in [-0.15, -0.1) is 6.58 Å². The molecule has 5 heteroatoms. The number of hydrogen-bond acceptors (Lipinski definition) is 4. The van der Waals surface area contributed by atoms with Gasteiger partial charge in [0, 0.05) is 38.6 Å². The molecule has 0 saturated heterocycles. The van der Waals surface area contributed by atoms with E-state index in [1.54, 1.807) is 18.2 Å². The first kappa shape index (κ1) is 15.0. The molecule has 0 aromatic heterocycles. The summed E-state index contributed by atoms with van der Waals surface area (Å²) in [6, 6.07) is 5.23. The minimum Gasteiger partial charge on any atom is -0.399 e. The topological polar surface area (TPSA) is 69.8 Å². The van der Waals surface area contributed by atoms with Gasteiger partial charge in [0.15, 0.2) is 0 Å². The lowest BCUT2D eigenvalue weighted by atomic mass is 10.1. The molecule has 19 heavy (non-hydrogen) atoms. The summed E-state index contributed by atoms with van der Waals surface area (Å²) in [5, 5.41) is 9.03. The number of nitrogens with zero attached hydrogens (tertiary/aromatic N) is 2. The summed E-state index contributed by atoms with van der Waals surface area (Å²) in [5.74, 6) is -0.162. The molecule has 0 radical (unpaired) electrons. The number of carbonyl (C=O) groups excluding carboxylic acids is 1. The van der Waals surface area contributed by atoms with Crippen LogP contribution in [0.25, 0.3) is 0 Å². The predicted molar refractivity (Wildman–Crippen MR) is 78.4 cm³/mol. The van der Waals surface area contributed by atoms with Gasteiger partial charge in [0.25, 0.3) is 5.91 Å². The van der Waals surface area contributed by atoms with Gasteiger partial charge in [-0.1, -0.05) is 6.08 Å². The molecule has 0 atom stereocenters. The van der Waals surface area contributed by atoms with Crippen LogP contribution in [0.5, 0.6) is 0 Å². The molecule has 1 amide bonds. The van der Waals surface area contributed by atoms with E-state index in [-0.39, 0.29) is 19.1 Å². The molecule has 0 heterocycles. The molecule has 0 saturated carbocycles. The quantitative estimate of drug-likeness (QED) is 0.592. The van der Waals surface area contributed by atoms with Crippen molar-refractivity contribution in [2.45, 2.75) is 0 Å². The van der Waals surface area contributed by atoms with Gasteiger partial charge in [-0.25, -0.2) is 0 Å². The fraction of sp³-hybridized carbons (Fsp3) is 0.357. The second kappa shape index (κ2) is 6.80. The monoisotopic (exact) mass is 263 g/mol. The van der Waals surface area contributed by atoms with Crippen LogP contribution in [-0.4, -0.2) is 49.7 Å². The van der Waals surface area contributed by atoms with Crippen molar-refractivity contribution in [1.29, 1.82) is 0 Å². The van der Waals surface area contributed by atoms with Crippen molar-refractivity contribution in [3.8, 4) is 0 Å². The summed E-state index contributed by atoms with van der Waals surface area (Å²) < 4.78 is 0. The van der Waals surface area contributed by atoms with Crippen molar-refractivity contribution in [1.82, 2.24) is 4.90 Å². The average molecular weight is 263 g/mol. The zero-order chi connectivity index (χ0) is 14.4. The molecular formula is C14H21N3O2. The highest BCUT2D eigenvalue weighted by Crippen LogP contribution is 2.23. The van der Waals surface area contributed by atoms with Crippen LogP contribution in [0.1, 0.15) is 10.4 Å². The van der Waals surface area contributed by atoms with Crippen molar-refractivity contribution < 1.29 is 9.90 Å². The number of rotatable bonds is 6. The number of hydrogen-bond donors (Lipinski definition) is 2. The molecule has 0 aliphatic carbocycles. The fourth-order valence-corrected chi connectivity index (χ4v) is 1.84. The second-order valence-electron chi connectivity index (χ2n) is 4.43. The normalized spacial score (nSPS) is 10.1. The molecule has 0 fully saturated rings. The van der Waals surface area contributed by atoms with Crippen LogP contribution >= 0.6 is 0 Å². The Bertz CT molecular complexity index is 458. The number of nitrogen functional groups attached to an aromatic ring is 1. The van der Waals surface area contributed by atoms with E-state index in [2.05, 4.69) is 6.58 Å². The summed E-state index contributed by atoms with van der Waals surface area (Å²) in [6.45, 7) is 4.20. The minimum atomic E-state index is -0.162. The van der Waals surface area contributed by atoms with Crippen LogP contribution < -0.4 is 10.6 Å². The van der Waals surface area contributed by atoms with E-state index in [4.69, 9.17) is 10.8 Å². The fourth-order valence-electron chi connectivity index (χ4n) is 1.84. The number of anilines is 2. The van der Waals surface area contributed by atoms with E-state index in [1.807, 2.05) is 25.1 Å². The van der Waals surface area contributed by atoms with Gasteiger partial charge in [0.1, 0.15) is 0 Å². The van der Waals surface area contributed by atoms with E-state index >= 15 is 0 Å². The average Bonchev–Trinajstić information content (AvgIpc) is 2.37. The molecule has 0 unspecified atom stereocenters. The first-order chi connectivity index (χ1) is 9.01. The zero-order valence-electron chi connectivity index (χ0n) is 11.5. The highest BCUT2D eigenvalue weighted by molar-refractivity contribution is 6.00. The highest BCUT2D eigenvalue weighted by Gasteiger charge is 2.18. The molecule has 0 aliphatic heterocycles. The predicted octanol–water partition coefficient (Wildman–Crippen LogP) is 0.955. The van der Waals surface area contributed by atoms with Gasteiger partial charge < -0.3 is 20.6 Å². The van der Waals surface area contributed by atoms with Crippen LogP contribution in [0.15, 0.2) is 30.9 Å². The number of aliphatic hydroxyl groups is 1. The molecule has 5 nitrogen and oxygen atoms in total. The summed E-state index contributed by atoms with van der Waals surface area (Å²) >= 11 is 0. The third-order valence-corrected chi connectivity index (χ3v) is 2.74. The first-order valence-corrected chi connectivity index (χ1v) is 6.09. The molecular weight excluding hydrogens is 242 g/mol. The van der Waals surface area contributed by atoms with Crippen molar-refractivity contribution in [3.63, 3.8) is 0 Å². The lowest BCUT2D eigenvalue weighted by Crippen LogP contribution is -2.34. The van der Waals surface area contributed by atoms with Gasteiger partial charge in [-0.05, 0) is 18.2 Å². The lowest BCUT2D eigenvalue weighted by Gasteiger charge is -2.24. The minimum absolute atomic E-state index is 0.0841. The van der Waals surface area contributed by atoms with Gasteiger partial charge in [-0.2, -0.15) is 0 Å². The Morgan fingerprint density at radius 1 is 1.47 bits per heavy atom. The standard InChI is InChI=1S/C14H21N3O2/c1-4-7-17(8-9-18)14(19)12-10-11(15)5-6-13(12)16(2)3/h4-6,10,18H,1,7-9,15H2,2-3H3. The van der Waals surface area contributed by atoms with Gasteiger partial charge in [0.05, 0.1) is 12.2 Å². The van der Waals surface area contributed by atoms with E-state index in [0.717, 1.165) is 5.69 Å². The summed E-state index contributed by atoms with van der Waals surface area (Å²) in [5.41, 5.74) is 7.62. The molecule has 1 aromatic carbocycles. The summed E-state index contributed by atoms with van der Waals surface area (Å²) in [7, 11) is 3.73. The molecule has 0 aliphatic rings. The molecule has 104 valence electrons. The summed E-state index contributed by atoms with van der Waals surface area (Å²) in [4.78, 5) is 15.9. The van der Waals surface area contributed by atoms with E-state index < -0.39 is 0 Å². The number of amides is 1. The summed E-state index contributed by atoms with van der Waals surface area (Å²) in [6.07, 6.45) is 1.63. The van der Waals surface area contributed by atoms with Crippen LogP contribution in [0.3, 0.4) is 0 Å². The smallest absolute Gasteiger partial charge is 0.256 e. The SMILES string of the molecule is C=CCN(CCO)C(=O)c1cc(N)ccc1N(C)C. The molecule has 1 rings (SSSR count). The van der Waals surface area contributed by atoms with E-state index in [1.165, 1.54) is 4.90 Å². The van der Waals surface area contributed by atoms with Gasteiger partial charge >= 0.3 is 0 Å². The Labute approximate surface area is 113 Å². The van der Waals surface area contributed by atoms with Crippen LogP contribution in [0, 0.1) is 0 Å². The Morgan fingerprint density at radius 3 is 2.68 bits per heavy atom. The van der Waals surface area contributed by atoms with Crippen LogP contribution in [-0.2, 0) is 0 Å². The maximum atomic E-state index is 12.5. The highest BCUT2D eigenvalue weighted by atomic mass is 16.3. The third kappa shape index (κ3) is 3.72. The lowest BCUT2D eigenvalue weighted by molar-refractivity contribution is 0.0743. The molecule has 0 bridgehead atoms. The molecule has 3 N–H and O–H groups in total. The van der Waals surface area contributed by atoms with Crippen molar-refractivity contribution in [3.05, 3.63) is 36.4 Å². The maximum absolute atomic E-state index is 12.5. The van der Waals surface area contributed by atoms with Crippen molar-refractivity contribution in [2.24, 2.45) is 0 Å². The Kier molecular flexibility index (Phi) is 5.38. The van der Waals surface area contributed by atoms with Crippen molar-refractivity contribution >= 4 is 17.3 Å². The Balaban J connectivity index is 3.14. The largest absolute Gasteiger partial charge is 0.399 e. The second-order valence-corrected chi connectivity index (χ2v) is 4.43. The molecule has 0 spiro atoms. The zero-order valence-corrected chi connectivity index (χ0v) is 11.5. The maximum Gasteiger partial charge on any atom is 0.256 e. The molecule has 1 aromatic rings. The van der Waals surface area contributed by atoms with Crippen LogP contribution in [0.2, 0.25) is 0 Å². The number of carbonyl (C=O) groups is 1. The number of nitrogens with two attached hydrogens (primary N) is 1. The number of benzene rings is 1. The van der Waals surface area contributed by atoms with E-state index in [9.17, 15) is 4.79 Å². The van der Waals surface area contributed by atoms with Crippen LogP contribution in [0.4, 0.5) is 11.4 Å². The van der Waals surface area contributed by atoms with Gasteiger partial charge in [-0.3, -0.25) is 4.79 Å². The Morgan fingerprint density at radius 2 is 2.16 bits per heavy atom. The first-order valence-electron chi connectivity index (χ1n) is 6.09. The van der Waals surface area contributed by atoms with Gasteiger partial charge in [0.2, 0.25) is 0 Å². The number of aliphatic hydroxyl groups excluding tert-OH is 1. The Hall–Kier alpha value is -2.01. The van der Waals surface area contributed by atoms with E-state index in [0.29, 0.717) is 17.8 Å². The van der Waals surface area contributed by atoms with Crippen molar-refractivity contribution in [2.75, 3.05) is 44.4 Å².